The van der Waals surface area contributed by atoms with Gasteiger partial charge < -0.3 is 0 Å². The first-order chi connectivity index (χ1) is 15.7. The molecule has 2 aromatic carbocycles. The Labute approximate surface area is 202 Å². The van der Waals surface area contributed by atoms with Crippen LogP contribution in [0, 0.1) is 0 Å². The topological polar surface area (TPSA) is 46.2 Å². The molecular formula is C27H28F3NO2S. The second-order valence-electron chi connectivity index (χ2n) is 10.3. The van der Waals surface area contributed by atoms with Crippen LogP contribution in [0.5, 0.6) is 0 Å². The van der Waals surface area contributed by atoms with Crippen molar-refractivity contribution >= 4 is 29.0 Å². The van der Waals surface area contributed by atoms with Crippen molar-refractivity contribution < 1.29 is 22.8 Å². The van der Waals surface area contributed by atoms with E-state index in [1.165, 1.54) is 12.1 Å². The SMILES string of the molecule is CCc1cccc(/C=C2/SC(=O)NC2=O)c1-c1cc2c(cc1C(F)(F)F)C(C)(C)CCC2(C)C. The molecular weight excluding hydrogens is 459 g/mol. The minimum atomic E-state index is -4.55. The van der Waals surface area contributed by atoms with Crippen molar-refractivity contribution in [1.29, 1.82) is 0 Å². The molecule has 0 bridgehead atoms. The van der Waals surface area contributed by atoms with E-state index in [-0.39, 0.29) is 21.3 Å². The summed E-state index contributed by atoms with van der Waals surface area (Å²) in [4.78, 5) is 24.0. The zero-order valence-corrected chi connectivity index (χ0v) is 20.8. The first-order valence-electron chi connectivity index (χ1n) is 11.4. The molecule has 0 aromatic heterocycles. The van der Waals surface area contributed by atoms with Crippen LogP contribution in [-0.4, -0.2) is 11.1 Å². The van der Waals surface area contributed by atoms with Crippen LogP contribution < -0.4 is 5.32 Å². The van der Waals surface area contributed by atoms with Crippen molar-refractivity contribution in [3.8, 4) is 11.1 Å². The van der Waals surface area contributed by atoms with Crippen LogP contribution in [-0.2, 0) is 28.2 Å². The predicted octanol–water partition coefficient (Wildman–Crippen LogP) is 7.61. The number of rotatable bonds is 3. The molecule has 1 fully saturated rings. The van der Waals surface area contributed by atoms with Crippen LogP contribution in [0.15, 0.2) is 35.2 Å². The third-order valence-corrected chi connectivity index (χ3v) is 7.87. The molecule has 0 spiro atoms. The summed E-state index contributed by atoms with van der Waals surface area (Å²) in [6.45, 7) is 10.1. The van der Waals surface area contributed by atoms with Crippen molar-refractivity contribution in [2.24, 2.45) is 0 Å². The minimum Gasteiger partial charge on any atom is -0.282 e. The van der Waals surface area contributed by atoms with E-state index in [9.17, 15) is 22.8 Å². The molecule has 1 aliphatic heterocycles. The number of alkyl halides is 3. The number of carbonyl (C=O) groups excluding carboxylic acids is 2. The van der Waals surface area contributed by atoms with Gasteiger partial charge in [0, 0.05) is 0 Å². The van der Waals surface area contributed by atoms with Crippen LogP contribution in [0.2, 0.25) is 0 Å². The molecule has 3 nitrogen and oxygen atoms in total. The summed E-state index contributed by atoms with van der Waals surface area (Å²) in [6, 6.07) is 8.36. The van der Waals surface area contributed by atoms with Gasteiger partial charge in [0.25, 0.3) is 11.1 Å². The van der Waals surface area contributed by atoms with Gasteiger partial charge in [0.15, 0.2) is 0 Å². The van der Waals surface area contributed by atoms with E-state index in [0.29, 0.717) is 17.5 Å². The number of hydrogen-bond acceptors (Lipinski definition) is 3. The van der Waals surface area contributed by atoms with E-state index in [1.54, 1.807) is 18.2 Å². The van der Waals surface area contributed by atoms with Gasteiger partial charge in [-0.2, -0.15) is 13.2 Å². The fraction of sp³-hybridized carbons (Fsp3) is 0.407. The number of thioether (sulfide) groups is 1. The Hall–Kier alpha value is -2.54. The average molecular weight is 488 g/mol. The fourth-order valence-electron chi connectivity index (χ4n) is 4.98. The highest BCUT2D eigenvalue weighted by Crippen LogP contribution is 2.51. The molecule has 180 valence electrons. The average Bonchev–Trinajstić information content (AvgIpc) is 3.06. The number of imide groups is 1. The summed E-state index contributed by atoms with van der Waals surface area (Å²) >= 11 is 0.757. The van der Waals surface area contributed by atoms with E-state index in [0.717, 1.165) is 41.3 Å². The minimum absolute atomic E-state index is 0.121. The Balaban J connectivity index is 2.06. The Kier molecular flexibility index (Phi) is 6.00. The highest BCUT2D eigenvalue weighted by molar-refractivity contribution is 8.18. The van der Waals surface area contributed by atoms with Gasteiger partial charge in [0.05, 0.1) is 10.5 Å². The van der Waals surface area contributed by atoms with Gasteiger partial charge in [-0.05, 0) is 93.4 Å². The number of aryl methyl sites for hydroxylation is 1. The Morgan fingerprint density at radius 1 is 1.03 bits per heavy atom. The highest BCUT2D eigenvalue weighted by Gasteiger charge is 2.42. The van der Waals surface area contributed by atoms with E-state index in [1.807, 2.05) is 26.8 Å². The first kappa shape index (κ1) is 24.6. The van der Waals surface area contributed by atoms with Gasteiger partial charge in [-0.1, -0.05) is 52.8 Å². The Morgan fingerprint density at radius 2 is 1.65 bits per heavy atom. The van der Waals surface area contributed by atoms with Crippen LogP contribution in [0.3, 0.4) is 0 Å². The molecule has 34 heavy (non-hydrogen) atoms. The lowest BCUT2D eigenvalue weighted by molar-refractivity contribution is -0.137. The largest absolute Gasteiger partial charge is 0.417 e. The van der Waals surface area contributed by atoms with Crippen molar-refractivity contribution in [3.05, 3.63) is 63.1 Å². The zero-order valence-electron chi connectivity index (χ0n) is 19.9. The van der Waals surface area contributed by atoms with Gasteiger partial charge in [-0.25, -0.2) is 0 Å². The van der Waals surface area contributed by atoms with Crippen molar-refractivity contribution in [1.82, 2.24) is 5.32 Å². The summed E-state index contributed by atoms with van der Waals surface area (Å²) in [5.74, 6) is -0.535. The normalized spacial score (nSPS) is 20.4. The summed E-state index contributed by atoms with van der Waals surface area (Å²) in [5, 5.41) is 1.72. The quantitative estimate of drug-likeness (QED) is 0.453. The van der Waals surface area contributed by atoms with Crippen LogP contribution in [0.25, 0.3) is 17.2 Å². The summed E-state index contributed by atoms with van der Waals surface area (Å²) < 4.78 is 43.5. The zero-order chi connectivity index (χ0) is 25.1. The number of hydrogen-bond donors (Lipinski definition) is 1. The molecule has 4 rings (SSSR count). The molecule has 2 aliphatic rings. The molecule has 1 heterocycles. The number of fused-ring (bicyclic) bond motifs is 1. The molecule has 0 unspecified atom stereocenters. The molecule has 0 saturated carbocycles. The maximum atomic E-state index is 14.5. The van der Waals surface area contributed by atoms with Gasteiger partial charge >= 0.3 is 6.18 Å². The van der Waals surface area contributed by atoms with E-state index >= 15 is 0 Å². The molecule has 2 amide bonds. The third-order valence-electron chi connectivity index (χ3n) is 7.06. The number of nitrogens with one attached hydrogen (secondary N) is 1. The first-order valence-corrected chi connectivity index (χ1v) is 12.2. The molecule has 0 radical (unpaired) electrons. The standard InChI is InChI=1S/C27H28F3NO2S/c1-6-15-8-7-9-16(12-21-23(32)31-24(33)34-21)22(15)17-13-19-20(14-18(17)27(28,29)30)26(4,5)11-10-25(19,2)3/h7-9,12-14H,6,10-11H2,1-5H3,(H,31,32,33)/b21-12+. The summed E-state index contributed by atoms with van der Waals surface area (Å²) in [6.07, 6.45) is -0.819. The number of amides is 2. The third kappa shape index (κ3) is 4.30. The Morgan fingerprint density at radius 3 is 2.18 bits per heavy atom. The monoisotopic (exact) mass is 487 g/mol. The van der Waals surface area contributed by atoms with Crippen LogP contribution >= 0.6 is 11.8 Å². The number of carbonyl (C=O) groups is 2. The lowest BCUT2D eigenvalue weighted by Gasteiger charge is -2.42. The smallest absolute Gasteiger partial charge is 0.282 e. The van der Waals surface area contributed by atoms with Crippen molar-refractivity contribution in [2.75, 3.05) is 0 Å². The van der Waals surface area contributed by atoms with Crippen LogP contribution in [0.1, 0.15) is 75.3 Å². The fourth-order valence-corrected chi connectivity index (χ4v) is 5.65. The van der Waals surface area contributed by atoms with E-state index in [4.69, 9.17) is 0 Å². The molecule has 0 atom stereocenters. The lowest BCUT2D eigenvalue weighted by atomic mass is 9.62. The van der Waals surface area contributed by atoms with Gasteiger partial charge in [-0.15, -0.1) is 0 Å². The van der Waals surface area contributed by atoms with Gasteiger partial charge in [0.2, 0.25) is 0 Å². The Bertz CT molecular complexity index is 1230. The molecule has 2 aromatic rings. The maximum Gasteiger partial charge on any atom is 0.417 e. The molecule has 1 aliphatic carbocycles. The lowest BCUT2D eigenvalue weighted by Crippen LogP contribution is -2.34. The highest BCUT2D eigenvalue weighted by atomic mass is 32.2. The molecule has 1 saturated heterocycles. The van der Waals surface area contributed by atoms with Crippen molar-refractivity contribution in [2.45, 2.75) is 70.9 Å². The van der Waals surface area contributed by atoms with E-state index in [2.05, 4.69) is 19.2 Å². The number of halogens is 3. The maximum absolute atomic E-state index is 14.5. The van der Waals surface area contributed by atoms with Crippen molar-refractivity contribution in [3.63, 3.8) is 0 Å². The molecule has 7 heteroatoms. The van der Waals surface area contributed by atoms with Crippen LogP contribution in [0.4, 0.5) is 18.0 Å². The number of benzene rings is 2. The second-order valence-corrected chi connectivity index (χ2v) is 11.3. The van der Waals surface area contributed by atoms with Gasteiger partial charge in [0.1, 0.15) is 0 Å². The predicted molar refractivity (Wildman–Crippen MR) is 131 cm³/mol. The van der Waals surface area contributed by atoms with Gasteiger partial charge in [-0.3, -0.25) is 14.9 Å². The summed E-state index contributed by atoms with van der Waals surface area (Å²) in [7, 11) is 0. The molecule has 1 N–H and O–H groups in total. The van der Waals surface area contributed by atoms with E-state index < -0.39 is 22.9 Å². The summed E-state index contributed by atoms with van der Waals surface area (Å²) in [5.41, 5.74) is 2.19. The second kappa shape index (κ2) is 8.29.